The first kappa shape index (κ1) is 17.5. The predicted octanol–water partition coefficient (Wildman–Crippen LogP) is 1.14. The lowest BCUT2D eigenvalue weighted by Gasteiger charge is -2.23. The highest BCUT2D eigenvalue weighted by atomic mass is 16.5. The predicted molar refractivity (Wildman–Crippen MR) is 98.2 cm³/mol. The van der Waals surface area contributed by atoms with Gasteiger partial charge in [-0.1, -0.05) is 18.2 Å². The van der Waals surface area contributed by atoms with Crippen molar-refractivity contribution in [3.05, 3.63) is 53.0 Å². The molecular weight excluding hydrogens is 315 g/mol. The van der Waals surface area contributed by atoms with E-state index in [-0.39, 0.29) is 6.61 Å². The molecule has 5 nitrogen and oxygen atoms in total. The van der Waals surface area contributed by atoms with Crippen molar-refractivity contribution in [2.45, 2.75) is 18.3 Å². The smallest absolute Gasteiger partial charge is 0.419 e. The van der Waals surface area contributed by atoms with Crippen LogP contribution in [0, 0.1) is 0 Å². The van der Waals surface area contributed by atoms with E-state index in [4.69, 9.17) is 37.8 Å². The molecule has 0 amide bonds. The summed E-state index contributed by atoms with van der Waals surface area (Å²) in [7, 11) is 16.2. The molecule has 8 heteroatoms. The summed E-state index contributed by atoms with van der Waals surface area (Å²) in [5.41, 5.74) is 3.00. The molecule has 3 rings (SSSR count). The first-order valence-electron chi connectivity index (χ1n) is 7.78. The van der Waals surface area contributed by atoms with E-state index in [0.717, 1.165) is 11.1 Å². The van der Waals surface area contributed by atoms with E-state index in [0.29, 0.717) is 29.8 Å². The van der Waals surface area contributed by atoms with E-state index >= 15 is 0 Å². The third kappa shape index (κ3) is 4.02. The van der Waals surface area contributed by atoms with Gasteiger partial charge in [-0.15, -0.1) is 0 Å². The highest BCUT2D eigenvalue weighted by Gasteiger charge is 2.12. The van der Waals surface area contributed by atoms with E-state index in [1.807, 2.05) is 24.3 Å². The Hall–Kier alpha value is -2.34. The molecule has 1 aromatic heterocycles. The molecule has 0 saturated carbocycles. The van der Waals surface area contributed by atoms with Crippen LogP contribution in [0.2, 0.25) is 0 Å². The fourth-order valence-corrected chi connectivity index (χ4v) is 2.60. The van der Waals surface area contributed by atoms with Gasteiger partial charge in [-0.25, -0.2) is 4.79 Å². The molecule has 0 aliphatic rings. The maximum atomic E-state index is 11.9. The molecule has 1 N–H and O–H groups in total. The van der Waals surface area contributed by atoms with Crippen LogP contribution in [0.1, 0.15) is 6.42 Å². The summed E-state index contributed by atoms with van der Waals surface area (Å²) < 4.78 is 11.9. The van der Waals surface area contributed by atoms with E-state index in [9.17, 15) is 4.79 Å². The number of benzene rings is 2. The van der Waals surface area contributed by atoms with Crippen LogP contribution in [0.5, 0.6) is 5.75 Å². The van der Waals surface area contributed by atoms with Crippen LogP contribution >= 0.6 is 0 Å². The van der Waals surface area contributed by atoms with Crippen LogP contribution in [0.4, 0.5) is 0 Å². The summed E-state index contributed by atoms with van der Waals surface area (Å²) in [5, 5.41) is 7.25. The molecule has 0 bridgehead atoms. The number of aryl methyl sites for hydroxylation is 1. The second-order valence-electron chi connectivity index (χ2n) is 5.76. The van der Waals surface area contributed by atoms with Crippen LogP contribution in [0.15, 0.2) is 51.7 Å². The second kappa shape index (κ2) is 6.88. The number of ether oxygens (including phenoxy) is 1. The van der Waals surface area contributed by atoms with Gasteiger partial charge in [0.2, 0.25) is 0 Å². The van der Waals surface area contributed by atoms with Gasteiger partial charge < -0.3 is 14.3 Å². The lowest BCUT2D eigenvalue weighted by molar-refractivity contribution is 0.278. The molecule has 0 spiro atoms. The number of fused-ring (bicyclic) bond motifs is 1. The minimum atomic E-state index is -1.74. The van der Waals surface area contributed by atoms with E-state index in [2.05, 4.69) is 0 Å². The van der Waals surface area contributed by atoms with E-state index in [1.54, 1.807) is 18.2 Å². The number of aliphatic hydroxyl groups excluding tert-OH is 1. The van der Waals surface area contributed by atoms with Gasteiger partial charge in [0, 0.05) is 13.2 Å². The molecule has 0 atom stereocenters. The largest absolute Gasteiger partial charge is 0.516 e. The highest BCUT2D eigenvalue weighted by Crippen LogP contribution is 2.26. The Labute approximate surface area is 148 Å². The number of aliphatic hydroxyl groups is 1. The van der Waals surface area contributed by atoms with E-state index in [1.165, 1.54) is 4.57 Å². The van der Waals surface area contributed by atoms with Crippen LogP contribution < -0.4 is 10.5 Å². The summed E-state index contributed by atoms with van der Waals surface area (Å²) >= 11 is 0. The molecule has 6 radical (unpaired) electrons. The van der Waals surface area contributed by atoms with Crippen molar-refractivity contribution in [2.75, 3.05) is 6.61 Å². The van der Waals surface area contributed by atoms with Crippen molar-refractivity contribution in [3.63, 3.8) is 0 Å². The van der Waals surface area contributed by atoms with Crippen molar-refractivity contribution in [1.29, 1.82) is 0 Å². The molecule has 0 fully saturated rings. The van der Waals surface area contributed by atoms with Crippen LogP contribution in [-0.4, -0.2) is 45.1 Å². The van der Waals surface area contributed by atoms with Gasteiger partial charge in [-0.3, -0.25) is 4.57 Å². The van der Waals surface area contributed by atoms with Gasteiger partial charge in [-0.2, -0.15) is 0 Å². The number of oxazole rings is 1. The normalized spacial score (nSPS) is 11.7. The minimum Gasteiger partial charge on any atom is -0.516 e. The quantitative estimate of drug-likeness (QED) is 0.689. The molecule has 0 saturated heterocycles. The third-order valence-corrected chi connectivity index (χ3v) is 3.69. The summed E-state index contributed by atoms with van der Waals surface area (Å²) in [6.07, 6.45) is 0.476. The molecule has 2 aromatic carbocycles. The minimum absolute atomic E-state index is 0.00514. The molecule has 1 heterocycles. The maximum Gasteiger partial charge on any atom is 0.419 e. The lowest BCUT2D eigenvalue weighted by Crippen LogP contribution is -2.37. The van der Waals surface area contributed by atoms with Gasteiger partial charge in [-0.05, 0) is 47.1 Å². The fourth-order valence-electron chi connectivity index (χ4n) is 2.60. The maximum absolute atomic E-state index is 11.9. The van der Waals surface area contributed by atoms with Crippen LogP contribution in [0.3, 0.4) is 0 Å². The molecule has 25 heavy (non-hydrogen) atoms. The van der Waals surface area contributed by atoms with Crippen LogP contribution in [0.25, 0.3) is 22.2 Å². The summed E-state index contributed by atoms with van der Waals surface area (Å²) in [6.45, 7) is 0.398. The molecule has 3 aromatic rings. The number of hydrogen-bond donors (Lipinski definition) is 1. The topological polar surface area (TPSA) is 64.6 Å². The average Bonchev–Trinajstić information content (AvgIpc) is 2.86. The van der Waals surface area contributed by atoms with Gasteiger partial charge in [0.15, 0.2) is 5.58 Å². The zero-order chi connectivity index (χ0) is 18.0. The Bertz CT molecular complexity index is 926. The zero-order valence-electron chi connectivity index (χ0n) is 13.5. The van der Waals surface area contributed by atoms with Crippen LogP contribution in [-0.2, 0) is 6.54 Å². The van der Waals surface area contributed by atoms with Gasteiger partial charge >= 0.3 is 5.76 Å². The van der Waals surface area contributed by atoms with Gasteiger partial charge in [0.05, 0.1) is 5.52 Å². The average molecular weight is 329 g/mol. The number of nitrogens with zero attached hydrogens (tertiary/aromatic N) is 1. The van der Waals surface area contributed by atoms with Crippen molar-refractivity contribution in [2.24, 2.45) is 0 Å². The summed E-state index contributed by atoms with van der Waals surface area (Å²) in [6, 6.07) is 12.5. The Morgan fingerprint density at radius 1 is 1.08 bits per heavy atom. The standard InChI is InChI=1S/C17H14B3NO4/c18-17(19,20)25-13-5-2-11(3-6-13)12-4-7-15-14(10-12)21(8-1-9-22)16(23)24-15/h2-7,10,22H,1,8-9H2. The summed E-state index contributed by atoms with van der Waals surface area (Å²) in [4.78, 5) is 11.9. The lowest BCUT2D eigenvalue weighted by atomic mass is 9.52. The van der Waals surface area contributed by atoms with Crippen molar-refractivity contribution >= 4 is 34.6 Å². The van der Waals surface area contributed by atoms with Crippen molar-refractivity contribution in [1.82, 2.24) is 4.57 Å². The Balaban J connectivity index is 1.94. The van der Waals surface area contributed by atoms with Crippen molar-refractivity contribution < 1.29 is 14.3 Å². The molecule has 0 aliphatic heterocycles. The first-order chi connectivity index (χ1) is 11.9. The number of aromatic nitrogens is 1. The monoisotopic (exact) mass is 329 g/mol. The van der Waals surface area contributed by atoms with Crippen molar-refractivity contribution in [3.8, 4) is 16.9 Å². The Morgan fingerprint density at radius 3 is 2.40 bits per heavy atom. The van der Waals surface area contributed by atoms with Gasteiger partial charge in [0.25, 0.3) is 0 Å². The first-order valence-corrected chi connectivity index (χ1v) is 7.78. The number of rotatable bonds is 6. The molecular formula is C17H14B3NO4. The SMILES string of the molecule is [B]C([B])([B])Oc1ccc(-c2ccc3oc(=O)n(CCCO)c3c2)cc1. The second-order valence-corrected chi connectivity index (χ2v) is 5.76. The number of hydrogen-bond acceptors (Lipinski definition) is 4. The Kier molecular flexibility index (Phi) is 4.81. The van der Waals surface area contributed by atoms with E-state index < -0.39 is 11.1 Å². The third-order valence-electron chi connectivity index (χ3n) is 3.69. The molecule has 120 valence electrons. The molecule has 0 aliphatic carbocycles. The highest BCUT2D eigenvalue weighted by molar-refractivity contribution is 6.58. The van der Waals surface area contributed by atoms with Gasteiger partial charge in [0.1, 0.15) is 29.3 Å². The zero-order valence-corrected chi connectivity index (χ0v) is 13.5. The summed E-state index contributed by atoms with van der Waals surface area (Å²) in [5.74, 6) is 0.00928. The Morgan fingerprint density at radius 2 is 1.76 bits per heavy atom. The fraction of sp³-hybridized carbons (Fsp3) is 0.235. The molecule has 0 unspecified atom stereocenters.